The molecule has 7 heteroatoms. The number of rotatable bonds is 3. The lowest BCUT2D eigenvalue weighted by molar-refractivity contribution is 0.174. The van der Waals surface area contributed by atoms with Crippen LogP contribution in [0.4, 0.5) is 10.2 Å². The number of halogens is 2. The SMILES string of the molecule is CN(C)C[C@H]1[C@H]2C[C@H](CN(c3ncc(Cl)cc3F)C2)c2cccc(=O)n21. The highest BCUT2D eigenvalue weighted by atomic mass is 35.5. The molecule has 2 aromatic heterocycles. The molecule has 0 spiro atoms. The van der Waals surface area contributed by atoms with E-state index < -0.39 is 5.82 Å². The van der Waals surface area contributed by atoms with E-state index in [1.807, 2.05) is 35.7 Å². The van der Waals surface area contributed by atoms with E-state index in [1.54, 1.807) is 6.07 Å². The highest BCUT2D eigenvalue weighted by molar-refractivity contribution is 6.30. The Morgan fingerprint density at radius 3 is 2.88 bits per heavy atom. The number of nitrogens with zero attached hydrogens (tertiary/aromatic N) is 4. The average Bonchev–Trinajstić information content (AvgIpc) is 2.58. The topological polar surface area (TPSA) is 41.4 Å². The van der Waals surface area contributed by atoms with Gasteiger partial charge in [-0.25, -0.2) is 9.37 Å². The van der Waals surface area contributed by atoms with E-state index in [-0.39, 0.29) is 23.4 Å². The van der Waals surface area contributed by atoms with E-state index in [0.29, 0.717) is 23.9 Å². The van der Waals surface area contributed by atoms with Crippen molar-refractivity contribution in [1.29, 1.82) is 0 Å². The van der Waals surface area contributed by atoms with Gasteiger partial charge < -0.3 is 14.4 Å². The monoisotopic (exact) mass is 376 g/mol. The van der Waals surface area contributed by atoms with Crippen molar-refractivity contribution in [3.63, 3.8) is 0 Å². The van der Waals surface area contributed by atoms with Crippen molar-refractivity contribution in [3.05, 3.63) is 57.3 Å². The second kappa shape index (κ2) is 6.67. The minimum Gasteiger partial charge on any atom is -0.353 e. The lowest BCUT2D eigenvalue weighted by Gasteiger charge is -2.48. The van der Waals surface area contributed by atoms with Gasteiger partial charge >= 0.3 is 0 Å². The lowest BCUT2D eigenvalue weighted by Crippen LogP contribution is -2.52. The molecule has 0 aromatic carbocycles. The highest BCUT2D eigenvalue weighted by Gasteiger charge is 2.41. The van der Waals surface area contributed by atoms with Crippen molar-refractivity contribution in [3.8, 4) is 0 Å². The third-order valence-electron chi connectivity index (χ3n) is 5.44. The molecule has 1 fully saturated rings. The van der Waals surface area contributed by atoms with Crippen LogP contribution in [0.5, 0.6) is 0 Å². The van der Waals surface area contributed by atoms with E-state index in [0.717, 1.165) is 18.7 Å². The number of piperidine rings is 1. The summed E-state index contributed by atoms with van der Waals surface area (Å²) in [6.07, 6.45) is 2.49. The van der Waals surface area contributed by atoms with Gasteiger partial charge in [-0.15, -0.1) is 0 Å². The van der Waals surface area contributed by atoms with Crippen LogP contribution in [0.15, 0.2) is 35.3 Å². The van der Waals surface area contributed by atoms with Gasteiger partial charge in [-0.2, -0.15) is 0 Å². The first-order chi connectivity index (χ1) is 12.4. The first-order valence-corrected chi connectivity index (χ1v) is 9.24. The Bertz CT molecular complexity index is 884. The zero-order valence-corrected chi connectivity index (χ0v) is 15.7. The van der Waals surface area contributed by atoms with Gasteiger partial charge in [0.1, 0.15) is 0 Å². The molecule has 1 saturated heterocycles. The molecule has 0 unspecified atom stereocenters. The quantitative estimate of drug-likeness (QED) is 0.826. The molecule has 2 aromatic rings. The summed E-state index contributed by atoms with van der Waals surface area (Å²) in [6, 6.07) is 6.86. The third kappa shape index (κ3) is 3.01. The van der Waals surface area contributed by atoms with Crippen LogP contribution in [0.25, 0.3) is 0 Å². The van der Waals surface area contributed by atoms with E-state index in [9.17, 15) is 9.18 Å². The van der Waals surface area contributed by atoms with Crippen molar-refractivity contribution in [2.45, 2.75) is 18.4 Å². The van der Waals surface area contributed by atoms with Crippen LogP contribution in [-0.2, 0) is 0 Å². The molecule has 4 rings (SSSR count). The number of fused-ring (bicyclic) bond motifs is 4. The summed E-state index contributed by atoms with van der Waals surface area (Å²) in [6.45, 7) is 2.11. The molecule has 0 N–H and O–H groups in total. The Balaban J connectivity index is 1.75. The predicted molar refractivity (Wildman–Crippen MR) is 101 cm³/mol. The molecular formula is C19H22ClFN4O. The Labute approximate surface area is 157 Å². The van der Waals surface area contributed by atoms with Crippen molar-refractivity contribution >= 4 is 17.4 Å². The summed E-state index contributed by atoms with van der Waals surface area (Å²) < 4.78 is 16.4. The number of hydrogen-bond donors (Lipinski definition) is 0. The molecular weight excluding hydrogens is 355 g/mol. The molecule has 2 aliphatic rings. The van der Waals surface area contributed by atoms with Crippen LogP contribution in [0, 0.1) is 11.7 Å². The van der Waals surface area contributed by atoms with Gasteiger partial charge in [0.05, 0.1) is 11.1 Å². The van der Waals surface area contributed by atoms with Crippen LogP contribution in [0.2, 0.25) is 5.02 Å². The molecule has 0 amide bonds. The van der Waals surface area contributed by atoms with Crippen LogP contribution in [-0.4, -0.2) is 48.2 Å². The van der Waals surface area contributed by atoms with Crippen molar-refractivity contribution in [2.75, 3.05) is 38.6 Å². The molecule has 3 atom stereocenters. The number of anilines is 1. The number of pyridine rings is 2. The largest absolute Gasteiger partial charge is 0.353 e. The van der Waals surface area contributed by atoms with Gasteiger partial charge in [0, 0.05) is 43.5 Å². The molecule has 0 radical (unpaired) electrons. The Kier molecular flexibility index (Phi) is 4.49. The third-order valence-corrected chi connectivity index (χ3v) is 5.65. The summed E-state index contributed by atoms with van der Waals surface area (Å²) in [5.74, 6) is 0.407. The van der Waals surface area contributed by atoms with Gasteiger partial charge in [-0.1, -0.05) is 17.7 Å². The smallest absolute Gasteiger partial charge is 0.251 e. The first kappa shape index (κ1) is 17.5. The number of hydrogen-bond acceptors (Lipinski definition) is 4. The molecule has 4 heterocycles. The maximum Gasteiger partial charge on any atom is 0.251 e. The summed E-state index contributed by atoms with van der Waals surface area (Å²) in [5.41, 5.74) is 1.09. The average molecular weight is 377 g/mol. The standard InChI is InChI=1S/C19H22ClFN4O/c1-23(2)11-17-13-6-12(16-4-3-5-18(26)25(16)17)9-24(10-13)19-15(21)7-14(20)8-22-19/h3-5,7-8,12-13,17H,6,9-11H2,1-2H3/t12-,13+,17+/m1/s1. The molecule has 138 valence electrons. The van der Waals surface area contributed by atoms with Gasteiger partial charge in [-0.3, -0.25) is 4.79 Å². The lowest BCUT2D eigenvalue weighted by atomic mass is 9.78. The van der Waals surface area contributed by atoms with E-state index in [2.05, 4.69) is 9.88 Å². The molecule has 26 heavy (non-hydrogen) atoms. The van der Waals surface area contributed by atoms with Crippen LogP contribution in [0.1, 0.15) is 24.1 Å². The number of likely N-dealkylation sites (N-methyl/N-ethyl adjacent to an activating group) is 1. The first-order valence-electron chi connectivity index (χ1n) is 8.86. The Morgan fingerprint density at radius 1 is 1.35 bits per heavy atom. The van der Waals surface area contributed by atoms with Crippen molar-refractivity contribution in [2.24, 2.45) is 5.92 Å². The van der Waals surface area contributed by atoms with Crippen LogP contribution >= 0.6 is 11.6 Å². The van der Waals surface area contributed by atoms with Crippen LogP contribution in [0.3, 0.4) is 0 Å². The van der Waals surface area contributed by atoms with E-state index in [1.165, 1.54) is 12.3 Å². The van der Waals surface area contributed by atoms with Crippen molar-refractivity contribution < 1.29 is 4.39 Å². The van der Waals surface area contributed by atoms with Gasteiger partial charge in [0.15, 0.2) is 11.6 Å². The van der Waals surface area contributed by atoms with Crippen molar-refractivity contribution in [1.82, 2.24) is 14.5 Å². The Hall–Kier alpha value is -1.92. The molecule has 0 saturated carbocycles. The maximum absolute atomic E-state index is 14.4. The molecule has 0 aliphatic carbocycles. The minimum atomic E-state index is -0.396. The summed E-state index contributed by atoms with van der Waals surface area (Å²) >= 11 is 5.85. The van der Waals surface area contributed by atoms with Crippen LogP contribution < -0.4 is 10.5 Å². The zero-order chi connectivity index (χ0) is 18.4. The molecule has 2 aliphatic heterocycles. The highest BCUT2D eigenvalue weighted by Crippen LogP contribution is 2.42. The van der Waals surface area contributed by atoms with E-state index >= 15 is 0 Å². The Morgan fingerprint density at radius 2 is 2.15 bits per heavy atom. The predicted octanol–water partition coefficient (Wildman–Crippen LogP) is 2.76. The van der Waals surface area contributed by atoms with E-state index in [4.69, 9.17) is 11.6 Å². The fourth-order valence-corrected chi connectivity index (χ4v) is 4.61. The summed E-state index contributed by atoms with van der Waals surface area (Å²) in [7, 11) is 4.03. The van der Waals surface area contributed by atoms with Gasteiger partial charge in [0.2, 0.25) is 0 Å². The molecule has 5 nitrogen and oxygen atoms in total. The minimum absolute atomic E-state index is 0.0494. The summed E-state index contributed by atoms with van der Waals surface area (Å²) in [4.78, 5) is 20.9. The van der Waals surface area contributed by atoms with Gasteiger partial charge in [0.25, 0.3) is 5.56 Å². The molecule has 2 bridgehead atoms. The number of aromatic nitrogens is 2. The fourth-order valence-electron chi connectivity index (χ4n) is 4.46. The second-order valence-electron chi connectivity index (χ2n) is 7.55. The van der Waals surface area contributed by atoms with Gasteiger partial charge in [-0.05, 0) is 38.6 Å². The second-order valence-corrected chi connectivity index (χ2v) is 7.98. The zero-order valence-electron chi connectivity index (χ0n) is 14.9. The normalized spacial score (nSPS) is 24.7. The fraction of sp³-hybridized carbons (Fsp3) is 0.474. The summed E-state index contributed by atoms with van der Waals surface area (Å²) in [5, 5.41) is 0.297. The maximum atomic E-state index is 14.4.